The van der Waals surface area contributed by atoms with E-state index in [0.717, 1.165) is 31.9 Å². The van der Waals surface area contributed by atoms with Crippen LogP contribution < -0.4 is 5.32 Å². The average Bonchev–Trinajstić information content (AvgIpc) is 2.89. The molecule has 1 saturated heterocycles. The summed E-state index contributed by atoms with van der Waals surface area (Å²) in [5.41, 5.74) is 0. The van der Waals surface area contributed by atoms with Crippen LogP contribution in [0.3, 0.4) is 0 Å². The van der Waals surface area contributed by atoms with Crippen molar-refractivity contribution in [3.8, 4) is 0 Å². The van der Waals surface area contributed by atoms with Gasteiger partial charge in [-0.1, -0.05) is 26.2 Å². The van der Waals surface area contributed by atoms with E-state index in [-0.39, 0.29) is 0 Å². The summed E-state index contributed by atoms with van der Waals surface area (Å²) in [6, 6.07) is 4.61. The van der Waals surface area contributed by atoms with E-state index in [1.54, 1.807) is 6.26 Å². The Hall–Kier alpha value is -0.800. The minimum atomic E-state index is 0.485. The molecule has 0 bridgehead atoms. The summed E-state index contributed by atoms with van der Waals surface area (Å²) in [6.07, 6.45) is 6.92. The van der Waals surface area contributed by atoms with Crippen LogP contribution in [-0.2, 0) is 0 Å². The monoisotopic (exact) mass is 236 g/mol. The van der Waals surface area contributed by atoms with Gasteiger partial charge < -0.3 is 9.73 Å². The SMILES string of the molecule is CCCCC[C@@H](c1ccco1)N1CCNCC1. The third-order valence-electron chi connectivity index (χ3n) is 3.55. The summed E-state index contributed by atoms with van der Waals surface area (Å²) in [5.74, 6) is 1.14. The van der Waals surface area contributed by atoms with Crippen LogP contribution in [0.25, 0.3) is 0 Å². The van der Waals surface area contributed by atoms with Gasteiger partial charge in [-0.25, -0.2) is 0 Å². The highest BCUT2D eigenvalue weighted by molar-refractivity contribution is 5.05. The normalized spacial score (nSPS) is 19.4. The topological polar surface area (TPSA) is 28.4 Å². The number of rotatable bonds is 6. The molecule has 0 radical (unpaired) electrons. The van der Waals surface area contributed by atoms with Crippen LogP contribution >= 0.6 is 0 Å². The summed E-state index contributed by atoms with van der Waals surface area (Å²) in [6.45, 7) is 6.73. The van der Waals surface area contributed by atoms with Crippen LogP contribution in [-0.4, -0.2) is 31.1 Å². The van der Waals surface area contributed by atoms with Gasteiger partial charge in [-0.15, -0.1) is 0 Å². The maximum atomic E-state index is 5.62. The van der Waals surface area contributed by atoms with E-state index in [0.29, 0.717) is 6.04 Å². The lowest BCUT2D eigenvalue weighted by atomic mass is 10.0. The van der Waals surface area contributed by atoms with Gasteiger partial charge in [-0.3, -0.25) is 4.90 Å². The lowest BCUT2D eigenvalue weighted by Crippen LogP contribution is -2.45. The van der Waals surface area contributed by atoms with Crippen molar-refractivity contribution in [1.82, 2.24) is 10.2 Å². The van der Waals surface area contributed by atoms with Gasteiger partial charge in [0.15, 0.2) is 0 Å². The molecule has 17 heavy (non-hydrogen) atoms. The van der Waals surface area contributed by atoms with Crippen LogP contribution in [0.2, 0.25) is 0 Å². The summed E-state index contributed by atoms with van der Waals surface area (Å²) in [4.78, 5) is 2.56. The Bertz CT molecular complexity index is 291. The predicted octanol–water partition coefficient (Wildman–Crippen LogP) is 2.81. The van der Waals surface area contributed by atoms with Crippen LogP contribution in [0.15, 0.2) is 22.8 Å². The highest BCUT2D eigenvalue weighted by Crippen LogP contribution is 2.27. The van der Waals surface area contributed by atoms with Gasteiger partial charge in [0.1, 0.15) is 5.76 Å². The zero-order valence-electron chi connectivity index (χ0n) is 10.8. The molecule has 1 aromatic heterocycles. The Morgan fingerprint density at radius 3 is 2.82 bits per heavy atom. The van der Waals surface area contributed by atoms with E-state index in [1.165, 1.54) is 25.7 Å². The molecular weight excluding hydrogens is 212 g/mol. The first-order chi connectivity index (χ1) is 8.42. The third kappa shape index (κ3) is 3.58. The second kappa shape index (κ2) is 6.82. The molecule has 0 saturated carbocycles. The standard InChI is InChI=1S/C14H24N2O/c1-2-3-4-6-13(14-7-5-12-17-14)16-10-8-15-9-11-16/h5,7,12-13,15H,2-4,6,8-11H2,1H3/t13-/m0/s1. The fraction of sp³-hybridized carbons (Fsp3) is 0.714. The second-order valence-electron chi connectivity index (χ2n) is 4.81. The molecule has 0 amide bonds. The summed E-state index contributed by atoms with van der Waals surface area (Å²) in [7, 11) is 0. The second-order valence-corrected chi connectivity index (χ2v) is 4.81. The quantitative estimate of drug-likeness (QED) is 0.770. The van der Waals surface area contributed by atoms with E-state index in [4.69, 9.17) is 4.42 Å². The van der Waals surface area contributed by atoms with Crippen LogP contribution in [0.1, 0.15) is 44.4 Å². The van der Waals surface area contributed by atoms with E-state index in [1.807, 2.05) is 6.07 Å². The Morgan fingerprint density at radius 2 is 2.18 bits per heavy atom. The minimum absolute atomic E-state index is 0.485. The average molecular weight is 236 g/mol. The van der Waals surface area contributed by atoms with Crippen molar-refractivity contribution >= 4 is 0 Å². The Labute approximate surface area is 104 Å². The lowest BCUT2D eigenvalue weighted by Gasteiger charge is -2.33. The molecule has 1 aliphatic heterocycles. The van der Waals surface area contributed by atoms with Gasteiger partial charge in [0.05, 0.1) is 12.3 Å². The fourth-order valence-electron chi connectivity index (χ4n) is 2.57. The number of hydrogen-bond acceptors (Lipinski definition) is 3. The molecule has 96 valence electrons. The molecule has 2 rings (SSSR count). The van der Waals surface area contributed by atoms with Crippen molar-refractivity contribution in [2.24, 2.45) is 0 Å². The summed E-state index contributed by atoms with van der Waals surface area (Å²) in [5, 5.41) is 3.41. The molecule has 0 spiro atoms. The zero-order chi connectivity index (χ0) is 11.9. The molecule has 1 atom stereocenters. The number of furan rings is 1. The molecule has 1 aromatic rings. The summed E-state index contributed by atoms with van der Waals surface area (Å²) < 4.78 is 5.62. The smallest absolute Gasteiger partial charge is 0.120 e. The maximum Gasteiger partial charge on any atom is 0.120 e. The Kier molecular flexibility index (Phi) is 5.08. The Morgan fingerprint density at radius 1 is 1.35 bits per heavy atom. The first kappa shape index (κ1) is 12.7. The third-order valence-corrected chi connectivity index (χ3v) is 3.55. The van der Waals surface area contributed by atoms with Crippen molar-refractivity contribution in [2.45, 2.75) is 38.6 Å². The van der Waals surface area contributed by atoms with Crippen LogP contribution in [0.5, 0.6) is 0 Å². The molecule has 2 heterocycles. The highest BCUT2D eigenvalue weighted by atomic mass is 16.3. The lowest BCUT2D eigenvalue weighted by molar-refractivity contribution is 0.144. The van der Waals surface area contributed by atoms with Gasteiger partial charge in [0.2, 0.25) is 0 Å². The van der Waals surface area contributed by atoms with Crippen molar-refractivity contribution in [3.05, 3.63) is 24.2 Å². The first-order valence-corrected chi connectivity index (χ1v) is 6.90. The van der Waals surface area contributed by atoms with Gasteiger partial charge in [-0.2, -0.15) is 0 Å². The van der Waals surface area contributed by atoms with Gasteiger partial charge in [-0.05, 0) is 18.6 Å². The molecule has 0 aliphatic carbocycles. The molecule has 1 aliphatic rings. The van der Waals surface area contributed by atoms with Gasteiger partial charge in [0, 0.05) is 26.2 Å². The number of hydrogen-bond donors (Lipinski definition) is 1. The molecule has 1 fully saturated rings. The molecule has 0 unspecified atom stereocenters. The minimum Gasteiger partial charge on any atom is -0.468 e. The van der Waals surface area contributed by atoms with Crippen molar-refractivity contribution in [2.75, 3.05) is 26.2 Å². The largest absolute Gasteiger partial charge is 0.468 e. The van der Waals surface area contributed by atoms with E-state index >= 15 is 0 Å². The zero-order valence-corrected chi connectivity index (χ0v) is 10.8. The summed E-state index contributed by atoms with van der Waals surface area (Å²) >= 11 is 0. The number of nitrogens with zero attached hydrogens (tertiary/aromatic N) is 1. The van der Waals surface area contributed by atoms with E-state index in [9.17, 15) is 0 Å². The van der Waals surface area contributed by atoms with E-state index < -0.39 is 0 Å². The van der Waals surface area contributed by atoms with Crippen LogP contribution in [0, 0.1) is 0 Å². The maximum absolute atomic E-state index is 5.62. The van der Waals surface area contributed by atoms with Crippen molar-refractivity contribution in [3.63, 3.8) is 0 Å². The number of unbranched alkanes of at least 4 members (excludes halogenated alkanes) is 2. The fourth-order valence-corrected chi connectivity index (χ4v) is 2.57. The first-order valence-electron chi connectivity index (χ1n) is 6.90. The van der Waals surface area contributed by atoms with Gasteiger partial charge >= 0.3 is 0 Å². The van der Waals surface area contributed by atoms with Crippen molar-refractivity contribution in [1.29, 1.82) is 0 Å². The molecular formula is C14H24N2O. The molecule has 3 heteroatoms. The van der Waals surface area contributed by atoms with E-state index in [2.05, 4.69) is 23.2 Å². The molecule has 3 nitrogen and oxygen atoms in total. The van der Waals surface area contributed by atoms with Crippen LogP contribution in [0.4, 0.5) is 0 Å². The Balaban J connectivity index is 1.96. The predicted molar refractivity (Wildman–Crippen MR) is 70.0 cm³/mol. The number of nitrogens with one attached hydrogen (secondary N) is 1. The molecule has 1 N–H and O–H groups in total. The van der Waals surface area contributed by atoms with Crippen molar-refractivity contribution < 1.29 is 4.42 Å². The highest BCUT2D eigenvalue weighted by Gasteiger charge is 2.23. The van der Waals surface area contributed by atoms with Gasteiger partial charge in [0.25, 0.3) is 0 Å². The number of piperazine rings is 1. The molecule has 0 aromatic carbocycles.